The van der Waals surface area contributed by atoms with Crippen molar-refractivity contribution in [1.29, 1.82) is 0 Å². The average Bonchev–Trinajstić information content (AvgIpc) is 2.54. The lowest BCUT2D eigenvalue weighted by Crippen LogP contribution is -2.50. The van der Waals surface area contributed by atoms with E-state index in [2.05, 4.69) is 10.2 Å². The number of nitrogen functional groups attached to an aromatic ring is 1. The maximum atomic E-state index is 12.4. The largest absolute Gasteiger partial charge is 0.444 e. The summed E-state index contributed by atoms with van der Waals surface area (Å²) in [5.41, 5.74) is 6.48. The van der Waals surface area contributed by atoms with Crippen LogP contribution in [0, 0.1) is 0 Å². The number of carbonyl (C=O) groups is 2. The minimum Gasteiger partial charge on any atom is -0.444 e. The Labute approximate surface area is 149 Å². The molecule has 2 rings (SSSR count). The monoisotopic (exact) mass is 348 g/mol. The zero-order chi connectivity index (χ0) is 18.4. The van der Waals surface area contributed by atoms with Crippen LogP contribution >= 0.6 is 0 Å². The number of nitrogens with one attached hydrogen (secondary N) is 1. The van der Waals surface area contributed by atoms with E-state index < -0.39 is 11.7 Å². The number of nitrogens with two attached hydrogens (primary N) is 1. The van der Waals surface area contributed by atoms with Gasteiger partial charge in [0.15, 0.2) is 0 Å². The van der Waals surface area contributed by atoms with Crippen molar-refractivity contribution >= 4 is 17.7 Å². The third-order valence-corrected chi connectivity index (χ3v) is 3.91. The third kappa shape index (κ3) is 6.26. The molecule has 1 aliphatic rings. The van der Waals surface area contributed by atoms with Gasteiger partial charge in [-0.2, -0.15) is 0 Å². The SMILES string of the molecule is CC(C)(C)OC(=O)NCCN1CCN(C(=O)c2ccc(N)cc2)CC1. The van der Waals surface area contributed by atoms with E-state index in [1.807, 2.05) is 25.7 Å². The molecule has 1 heterocycles. The summed E-state index contributed by atoms with van der Waals surface area (Å²) in [5, 5.41) is 2.76. The molecular weight excluding hydrogens is 320 g/mol. The topological polar surface area (TPSA) is 87.9 Å². The normalized spacial score (nSPS) is 15.7. The van der Waals surface area contributed by atoms with E-state index in [0.717, 1.165) is 19.6 Å². The number of hydrogen-bond donors (Lipinski definition) is 2. The minimum atomic E-state index is -0.488. The first-order valence-corrected chi connectivity index (χ1v) is 8.58. The van der Waals surface area contributed by atoms with E-state index in [1.54, 1.807) is 24.3 Å². The molecule has 0 aliphatic carbocycles. The Hall–Kier alpha value is -2.28. The number of alkyl carbamates (subject to hydrolysis) is 1. The summed E-state index contributed by atoms with van der Waals surface area (Å²) in [4.78, 5) is 28.1. The molecule has 0 unspecified atom stereocenters. The minimum absolute atomic E-state index is 0.0338. The molecule has 7 nitrogen and oxygen atoms in total. The number of carbonyl (C=O) groups excluding carboxylic acids is 2. The molecule has 2 amide bonds. The molecule has 25 heavy (non-hydrogen) atoms. The van der Waals surface area contributed by atoms with E-state index >= 15 is 0 Å². The molecule has 1 aromatic carbocycles. The first-order valence-electron chi connectivity index (χ1n) is 8.58. The van der Waals surface area contributed by atoms with Crippen LogP contribution in [0.4, 0.5) is 10.5 Å². The number of rotatable bonds is 4. The van der Waals surface area contributed by atoms with Gasteiger partial charge in [-0.05, 0) is 45.0 Å². The second kappa shape index (κ2) is 8.20. The van der Waals surface area contributed by atoms with Crippen molar-refractivity contribution in [2.75, 3.05) is 45.0 Å². The fraction of sp³-hybridized carbons (Fsp3) is 0.556. The fourth-order valence-electron chi connectivity index (χ4n) is 2.61. The highest BCUT2D eigenvalue weighted by Gasteiger charge is 2.22. The summed E-state index contributed by atoms with van der Waals surface area (Å²) in [5.74, 6) is 0.0338. The summed E-state index contributed by atoms with van der Waals surface area (Å²) in [6.07, 6.45) is -0.398. The Morgan fingerprint density at radius 3 is 2.28 bits per heavy atom. The molecule has 1 aliphatic heterocycles. The van der Waals surface area contributed by atoms with Gasteiger partial charge in [0, 0.05) is 50.5 Å². The van der Waals surface area contributed by atoms with Crippen molar-refractivity contribution in [3.8, 4) is 0 Å². The van der Waals surface area contributed by atoms with Gasteiger partial charge in [-0.25, -0.2) is 4.79 Å². The summed E-state index contributed by atoms with van der Waals surface area (Å²) in [6.45, 7) is 9.71. The van der Waals surface area contributed by atoms with Crippen molar-refractivity contribution in [3.63, 3.8) is 0 Å². The lowest BCUT2D eigenvalue weighted by atomic mass is 10.1. The summed E-state index contributed by atoms with van der Waals surface area (Å²) < 4.78 is 5.20. The van der Waals surface area contributed by atoms with Gasteiger partial charge in [0.25, 0.3) is 5.91 Å². The number of anilines is 1. The van der Waals surface area contributed by atoms with Crippen molar-refractivity contribution in [3.05, 3.63) is 29.8 Å². The Morgan fingerprint density at radius 1 is 1.12 bits per heavy atom. The number of benzene rings is 1. The van der Waals surface area contributed by atoms with E-state index in [9.17, 15) is 9.59 Å². The zero-order valence-corrected chi connectivity index (χ0v) is 15.2. The van der Waals surface area contributed by atoms with Crippen LogP contribution < -0.4 is 11.1 Å². The van der Waals surface area contributed by atoms with Crippen LogP contribution in [-0.4, -0.2) is 66.7 Å². The van der Waals surface area contributed by atoms with Gasteiger partial charge in [0.05, 0.1) is 0 Å². The lowest BCUT2D eigenvalue weighted by Gasteiger charge is -2.34. The van der Waals surface area contributed by atoms with E-state index in [1.165, 1.54) is 0 Å². The maximum absolute atomic E-state index is 12.4. The second-order valence-electron chi connectivity index (χ2n) is 7.18. The number of piperazine rings is 1. The highest BCUT2D eigenvalue weighted by atomic mass is 16.6. The lowest BCUT2D eigenvalue weighted by molar-refractivity contribution is 0.0513. The Bertz CT molecular complexity index is 587. The molecular formula is C18H28N4O3. The van der Waals surface area contributed by atoms with Crippen LogP contribution in [0.2, 0.25) is 0 Å². The molecule has 0 bridgehead atoms. The first kappa shape index (κ1) is 19.1. The molecule has 0 atom stereocenters. The fourth-order valence-corrected chi connectivity index (χ4v) is 2.61. The Kier molecular flexibility index (Phi) is 6.25. The smallest absolute Gasteiger partial charge is 0.407 e. The Morgan fingerprint density at radius 2 is 1.72 bits per heavy atom. The van der Waals surface area contributed by atoms with Crippen LogP contribution in [0.3, 0.4) is 0 Å². The van der Waals surface area contributed by atoms with Gasteiger partial charge in [-0.15, -0.1) is 0 Å². The first-order chi connectivity index (χ1) is 11.7. The van der Waals surface area contributed by atoms with Crippen molar-refractivity contribution in [2.45, 2.75) is 26.4 Å². The third-order valence-electron chi connectivity index (χ3n) is 3.91. The van der Waals surface area contributed by atoms with Crippen molar-refractivity contribution in [2.24, 2.45) is 0 Å². The quantitative estimate of drug-likeness (QED) is 0.806. The maximum Gasteiger partial charge on any atom is 0.407 e. The van der Waals surface area contributed by atoms with Crippen LogP contribution in [0.5, 0.6) is 0 Å². The number of nitrogens with zero attached hydrogens (tertiary/aromatic N) is 2. The molecule has 1 aromatic rings. The van der Waals surface area contributed by atoms with Gasteiger partial charge < -0.3 is 20.7 Å². The van der Waals surface area contributed by atoms with Crippen LogP contribution in [0.25, 0.3) is 0 Å². The summed E-state index contributed by atoms with van der Waals surface area (Å²) in [6, 6.07) is 7.00. The number of ether oxygens (including phenoxy) is 1. The van der Waals surface area contributed by atoms with Crippen LogP contribution in [-0.2, 0) is 4.74 Å². The van der Waals surface area contributed by atoms with Gasteiger partial charge in [0.2, 0.25) is 0 Å². The molecule has 1 saturated heterocycles. The highest BCUT2D eigenvalue weighted by molar-refractivity contribution is 5.94. The van der Waals surface area contributed by atoms with Gasteiger partial charge in [-0.3, -0.25) is 9.69 Å². The van der Waals surface area contributed by atoms with Crippen molar-refractivity contribution in [1.82, 2.24) is 15.1 Å². The summed E-state index contributed by atoms with van der Waals surface area (Å²) in [7, 11) is 0. The molecule has 0 aromatic heterocycles. The van der Waals surface area contributed by atoms with E-state index in [4.69, 9.17) is 10.5 Å². The van der Waals surface area contributed by atoms with Crippen molar-refractivity contribution < 1.29 is 14.3 Å². The molecule has 3 N–H and O–H groups in total. The average molecular weight is 348 g/mol. The number of amides is 2. The second-order valence-corrected chi connectivity index (χ2v) is 7.18. The molecule has 1 fully saturated rings. The molecule has 0 radical (unpaired) electrons. The Balaban J connectivity index is 1.70. The van der Waals surface area contributed by atoms with Gasteiger partial charge >= 0.3 is 6.09 Å². The standard InChI is InChI=1S/C18H28N4O3/c1-18(2,3)25-17(24)20-8-9-21-10-12-22(13-11-21)16(23)14-4-6-15(19)7-5-14/h4-7H,8-13,19H2,1-3H3,(H,20,24). The van der Waals surface area contributed by atoms with Crippen LogP contribution in [0.1, 0.15) is 31.1 Å². The van der Waals surface area contributed by atoms with Crippen LogP contribution in [0.15, 0.2) is 24.3 Å². The predicted molar refractivity (Wildman–Crippen MR) is 97.4 cm³/mol. The van der Waals surface area contributed by atoms with E-state index in [-0.39, 0.29) is 5.91 Å². The summed E-state index contributed by atoms with van der Waals surface area (Å²) >= 11 is 0. The predicted octanol–water partition coefficient (Wildman–Crippen LogP) is 1.55. The highest BCUT2D eigenvalue weighted by Crippen LogP contribution is 2.11. The van der Waals surface area contributed by atoms with E-state index in [0.29, 0.717) is 30.9 Å². The zero-order valence-electron chi connectivity index (χ0n) is 15.2. The van der Waals surface area contributed by atoms with Gasteiger partial charge in [0.1, 0.15) is 5.60 Å². The molecule has 138 valence electrons. The number of hydrogen-bond acceptors (Lipinski definition) is 5. The molecule has 0 spiro atoms. The molecule has 7 heteroatoms. The molecule has 0 saturated carbocycles. The van der Waals surface area contributed by atoms with Gasteiger partial charge in [-0.1, -0.05) is 0 Å².